The van der Waals surface area contributed by atoms with Gasteiger partial charge in [-0.05, 0) is 13.8 Å². The fraction of sp³-hybridized carbons (Fsp3) is 0.812. The van der Waals surface area contributed by atoms with Crippen molar-refractivity contribution in [2.75, 3.05) is 52.9 Å². The first-order valence-electron chi connectivity index (χ1n) is 8.20. The van der Waals surface area contributed by atoms with Gasteiger partial charge < -0.3 is 28.8 Å². The third-order valence-electron chi connectivity index (χ3n) is 2.71. The Morgan fingerprint density at radius 3 is 1.72 bits per heavy atom. The molecule has 0 heterocycles. The summed E-state index contributed by atoms with van der Waals surface area (Å²) in [5.74, 6) is -3.19. The van der Waals surface area contributed by atoms with E-state index >= 15 is 0 Å². The molecule has 146 valence electrons. The number of carbonyl (C=O) groups excluding carboxylic acids is 2. The monoisotopic (exact) mass is 364 g/mol. The zero-order valence-electron chi connectivity index (χ0n) is 14.9. The van der Waals surface area contributed by atoms with Crippen LogP contribution in [0.1, 0.15) is 26.7 Å². The third kappa shape index (κ3) is 17.1. The first-order chi connectivity index (χ1) is 11.9. The number of carboxylic acid groups (broad SMARTS) is 1. The van der Waals surface area contributed by atoms with E-state index in [0.29, 0.717) is 39.6 Å². The lowest BCUT2D eigenvalue weighted by Gasteiger charge is -2.09. The highest BCUT2D eigenvalue weighted by Gasteiger charge is 2.14. The fourth-order valence-electron chi connectivity index (χ4n) is 1.49. The summed E-state index contributed by atoms with van der Waals surface area (Å²) in [6.45, 7) is 6.94. The van der Waals surface area contributed by atoms with Crippen molar-refractivity contribution in [3.05, 3.63) is 0 Å². The molecule has 0 rings (SSSR count). The van der Waals surface area contributed by atoms with Crippen LogP contribution in [0.25, 0.3) is 0 Å². The molecule has 25 heavy (non-hydrogen) atoms. The molecule has 9 nitrogen and oxygen atoms in total. The Bertz CT molecular complexity index is 382. The van der Waals surface area contributed by atoms with Gasteiger partial charge in [0.1, 0.15) is 6.61 Å². The van der Waals surface area contributed by atoms with E-state index in [1.54, 1.807) is 0 Å². The highest BCUT2D eigenvalue weighted by molar-refractivity contribution is 6.32. The maximum Gasteiger partial charge on any atom is 0.372 e. The Hall–Kier alpha value is -1.55. The van der Waals surface area contributed by atoms with Crippen molar-refractivity contribution in [3.63, 3.8) is 0 Å². The maximum atomic E-state index is 11.2. The normalized spacial score (nSPS) is 10.8. The predicted molar refractivity (Wildman–Crippen MR) is 86.4 cm³/mol. The Labute approximate surface area is 147 Å². The minimum absolute atomic E-state index is 0.0407. The smallest absolute Gasteiger partial charge is 0.372 e. The minimum Gasteiger partial charge on any atom is -0.476 e. The molecule has 0 amide bonds. The van der Waals surface area contributed by atoms with E-state index in [-0.39, 0.29) is 32.2 Å². The summed E-state index contributed by atoms with van der Waals surface area (Å²) < 4.78 is 25.9. The summed E-state index contributed by atoms with van der Waals surface area (Å²) in [5, 5.41) is 8.36. The van der Waals surface area contributed by atoms with Crippen molar-refractivity contribution in [2.45, 2.75) is 32.8 Å². The fourth-order valence-corrected chi connectivity index (χ4v) is 1.49. The summed E-state index contributed by atoms with van der Waals surface area (Å²) in [7, 11) is 0. The second-order valence-corrected chi connectivity index (χ2v) is 5.21. The highest BCUT2D eigenvalue weighted by Crippen LogP contribution is 1.95. The SMILES string of the molecule is CC(C)OCCOCCOCCOCCOC(=O)CCC(=O)C(=O)O. The first-order valence-corrected chi connectivity index (χ1v) is 8.20. The van der Waals surface area contributed by atoms with Gasteiger partial charge in [0.2, 0.25) is 5.78 Å². The molecule has 0 saturated carbocycles. The van der Waals surface area contributed by atoms with E-state index in [1.807, 2.05) is 13.8 Å². The maximum absolute atomic E-state index is 11.2. The van der Waals surface area contributed by atoms with Gasteiger partial charge in [0.05, 0.1) is 58.8 Å². The molecule has 0 radical (unpaired) electrons. The van der Waals surface area contributed by atoms with Crippen LogP contribution < -0.4 is 0 Å². The average Bonchev–Trinajstić information content (AvgIpc) is 2.56. The van der Waals surface area contributed by atoms with Gasteiger partial charge in [0, 0.05) is 6.42 Å². The number of hydrogen-bond acceptors (Lipinski definition) is 8. The number of ether oxygens (including phenoxy) is 5. The number of rotatable bonds is 17. The molecule has 0 bridgehead atoms. The Morgan fingerprint density at radius 2 is 1.24 bits per heavy atom. The summed E-state index contributed by atoms with van der Waals surface area (Å²) in [4.78, 5) is 32.3. The van der Waals surface area contributed by atoms with Crippen molar-refractivity contribution in [2.24, 2.45) is 0 Å². The highest BCUT2D eigenvalue weighted by atomic mass is 16.6. The van der Waals surface area contributed by atoms with Gasteiger partial charge in [-0.15, -0.1) is 0 Å². The number of hydrogen-bond donors (Lipinski definition) is 1. The molecule has 0 aliphatic rings. The van der Waals surface area contributed by atoms with Crippen LogP contribution in [0.15, 0.2) is 0 Å². The quantitative estimate of drug-likeness (QED) is 0.223. The number of Topliss-reactive ketones (excluding diaryl/α,β-unsaturated/α-hetero) is 1. The van der Waals surface area contributed by atoms with Gasteiger partial charge in [0.25, 0.3) is 0 Å². The largest absolute Gasteiger partial charge is 0.476 e. The summed E-state index contributed by atoms with van der Waals surface area (Å²) >= 11 is 0. The molecule has 0 atom stereocenters. The number of esters is 1. The number of ketones is 1. The number of aliphatic carboxylic acids is 1. The van der Waals surface area contributed by atoms with Gasteiger partial charge in [0.15, 0.2) is 0 Å². The zero-order valence-corrected chi connectivity index (χ0v) is 14.9. The first kappa shape index (κ1) is 23.4. The van der Waals surface area contributed by atoms with Crippen molar-refractivity contribution in [3.8, 4) is 0 Å². The van der Waals surface area contributed by atoms with Gasteiger partial charge in [-0.25, -0.2) is 4.79 Å². The van der Waals surface area contributed by atoms with E-state index in [4.69, 9.17) is 28.8 Å². The van der Waals surface area contributed by atoms with E-state index in [2.05, 4.69) is 0 Å². The Balaban J connectivity index is 3.24. The van der Waals surface area contributed by atoms with E-state index in [1.165, 1.54) is 0 Å². The number of carbonyl (C=O) groups is 3. The van der Waals surface area contributed by atoms with Crippen molar-refractivity contribution >= 4 is 17.7 Å². The van der Waals surface area contributed by atoms with Gasteiger partial charge in [-0.2, -0.15) is 0 Å². The lowest BCUT2D eigenvalue weighted by molar-refractivity contribution is -0.151. The average molecular weight is 364 g/mol. The van der Waals surface area contributed by atoms with E-state index in [9.17, 15) is 14.4 Å². The molecular formula is C16H28O9. The molecule has 0 aromatic carbocycles. The predicted octanol–water partition coefficient (Wildman–Crippen LogP) is 0.438. The lowest BCUT2D eigenvalue weighted by atomic mass is 10.2. The standard InChI is InChI=1S/C16H28O9/c1-13(2)24-11-9-22-7-5-21-6-8-23-10-12-25-15(18)4-3-14(17)16(19)20/h13H,3-12H2,1-2H3,(H,19,20). The third-order valence-corrected chi connectivity index (χ3v) is 2.71. The van der Waals surface area contributed by atoms with Gasteiger partial charge in [-0.1, -0.05) is 0 Å². The molecule has 9 heteroatoms. The van der Waals surface area contributed by atoms with Crippen LogP contribution in [0.5, 0.6) is 0 Å². The van der Waals surface area contributed by atoms with Crippen LogP contribution in [0.4, 0.5) is 0 Å². The second kappa shape index (κ2) is 15.9. The topological polar surface area (TPSA) is 118 Å². The van der Waals surface area contributed by atoms with Gasteiger partial charge in [-0.3, -0.25) is 9.59 Å². The molecule has 0 saturated heterocycles. The molecule has 0 fully saturated rings. The molecular weight excluding hydrogens is 336 g/mol. The zero-order chi connectivity index (χ0) is 18.9. The summed E-state index contributed by atoms with van der Waals surface area (Å²) in [6, 6.07) is 0. The van der Waals surface area contributed by atoms with Crippen LogP contribution >= 0.6 is 0 Å². The molecule has 0 aliphatic carbocycles. The van der Waals surface area contributed by atoms with E-state index < -0.39 is 17.7 Å². The Morgan fingerprint density at radius 1 is 0.760 bits per heavy atom. The Kier molecular flexibility index (Phi) is 15.0. The van der Waals surface area contributed by atoms with Crippen LogP contribution in [-0.4, -0.2) is 81.8 Å². The summed E-state index contributed by atoms with van der Waals surface area (Å²) in [6.07, 6.45) is -0.422. The van der Waals surface area contributed by atoms with Crippen LogP contribution in [0.2, 0.25) is 0 Å². The molecule has 0 aromatic heterocycles. The molecule has 0 aromatic rings. The van der Waals surface area contributed by atoms with Gasteiger partial charge >= 0.3 is 11.9 Å². The van der Waals surface area contributed by atoms with Crippen molar-refractivity contribution in [1.82, 2.24) is 0 Å². The molecule has 1 N–H and O–H groups in total. The molecule has 0 aliphatic heterocycles. The van der Waals surface area contributed by atoms with Crippen LogP contribution in [0, 0.1) is 0 Å². The molecule has 0 spiro atoms. The van der Waals surface area contributed by atoms with Crippen LogP contribution in [0.3, 0.4) is 0 Å². The lowest BCUT2D eigenvalue weighted by Crippen LogP contribution is -2.17. The van der Waals surface area contributed by atoms with E-state index in [0.717, 1.165) is 0 Å². The second-order valence-electron chi connectivity index (χ2n) is 5.21. The molecule has 0 unspecified atom stereocenters. The number of carboxylic acids is 1. The minimum atomic E-state index is -1.55. The van der Waals surface area contributed by atoms with Crippen molar-refractivity contribution < 1.29 is 43.2 Å². The van der Waals surface area contributed by atoms with Crippen molar-refractivity contribution in [1.29, 1.82) is 0 Å². The van der Waals surface area contributed by atoms with Crippen LogP contribution in [-0.2, 0) is 38.1 Å². The summed E-state index contributed by atoms with van der Waals surface area (Å²) in [5.41, 5.74) is 0.